The minimum atomic E-state index is -0.391. The molecule has 0 atom stereocenters. The number of guanidine groups is 1. The standard InChI is InChI=1S/C9H14N4O2/c1-6(2)11-9(14)13-8(10)12-7-4-3-5-15-7/h3-6H,1-2H3,(H4,10,11,12,13,14). The normalized spacial score (nSPS) is 11.5. The van der Waals surface area contributed by atoms with Crippen molar-refractivity contribution in [2.24, 2.45) is 10.7 Å². The average molecular weight is 210 g/mol. The van der Waals surface area contributed by atoms with Gasteiger partial charge in [0.2, 0.25) is 11.8 Å². The highest BCUT2D eigenvalue weighted by atomic mass is 16.3. The molecule has 0 aliphatic heterocycles. The van der Waals surface area contributed by atoms with Crippen LogP contribution >= 0.6 is 0 Å². The highest BCUT2D eigenvalue weighted by molar-refractivity contribution is 5.96. The molecule has 1 aromatic rings. The van der Waals surface area contributed by atoms with Crippen molar-refractivity contribution >= 4 is 17.9 Å². The number of furan rings is 1. The maximum absolute atomic E-state index is 11.2. The van der Waals surface area contributed by atoms with Crippen molar-refractivity contribution < 1.29 is 9.21 Å². The molecule has 15 heavy (non-hydrogen) atoms. The lowest BCUT2D eigenvalue weighted by molar-refractivity contribution is 0.243. The molecule has 0 saturated carbocycles. The van der Waals surface area contributed by atoms with Crippen LogP contribution < -0.4 is 16.4 Å². The largest absolute Gasteiger partial charge is 0.447 e. The molecular weight excluding hydrogens is 196 g/mol. The third-order valence-corrected chi connectivity index (χ3v) is 1.40. The highest BCUT2D eigenvalue weighted by Crippen LogP contribution is 2.09. The maximum atomic E-state index is 11.2. The highest BCUT2D eigenvalue weighted by Gasteiger charge is 2.04. The summed E-state index contributed by atoms with van der Waals surface area (Å²) in [6.45, 7) is 3.69. The number of carbonyl (C=O) groups excluding carboxylic acids is 1. The molecule has 0 saturated heterocycles. The van der Waals surface area contributed by atoms with Gasteiger partial charge in [0, 0.05) is 12.1 Å². The molecule has 4 N–H and O–H groups in total. The zero-order chi connectivity index (χ0) is 11.3. The smallest absolute Gasteiger partial charge is 0.321 e. The number of nitrogens with zero attached hydrogens (tertiary/aromatic N) is 1. The third kappa shape index (κ3) is 4.17. The Hall–Kier alpha value is -1.98. The Morgan fingerprint density at radius 2 is 2.33 bits per heavy atom. The van der Waals surface area contributed by atoms with E-state index in [1.807, 2.05) is 13.8 Å². The number of nitrogens with one attached hydrogen (secondary N) is 2. The van der Waals surface area contributed by atoms with Crippen molar-refractivity contribution in [1.29, 1.82) is 0 Å². The second-order valence-electron chi connectivity index (χ2n) is 3.20. The first kappa shape index (κ1) is 11.1. The van der Waals surface area contributed by atoms with Gasteiger partial charge in [0.1, 0.15) is 0 Å². The number of aliphatic imine (C=N–C) groups is 1. The summed E-state index contributed by atoms with van der Waals surface area (Å²) in [5.74, 6) is 0.334. The van der Waals surface area contributed by atoms with Crippen LogP contribution in [0.5, 0.6) is 0 Å². The summed E-state index contributed by atoms with van der Waals surface area (Å²) in [4.78, 5) is 15.0. The van der Waals surface area contributed by atoms with Crippen LogP contribution in [0.15, 0.2) is 27.8 Å². The Bertz CT molecular complexity index is 343. The second-order valence-corrected chi connectivity index (χ2v) is 3.20. The Kier molecular flexibility index (Phi) is 3.73. The summed E-state index contributed by atoms with van der Waals surface area (Å²) in [7, 11) is 0. The van der Waals surface area contributed by atoms with E-state index in [-0.39, 0.29) is 12.0 Å². The van der Waals surface area contributed by atoms with Gasteiger partial charge in [-0.15, -0.1) is 0 Å². The van der Waals surface area contributed by atoms with E-state index >= 15 is 0 Å². The summed E-state index contributed by atoms with van der Waals surface area (Å²) < 4.78 is 4.93. The topological polar surface area (TPSA) is 92.7 Å². The minimum Gasteiger partial charge on any atom is -0.447 e. The van der Waals surface area contributed by atoms with E-state index < -0.39 is 6.03 Å². The molecule has 0 spiro atoms. The van der Waals surface area contributed by atoms with Gasteiger partial charge in [0.15, 0.2) is 0 Å². The van der Waals surface area contributed by atoms with Crippen LogP contribution in [-0.4, -0.2) is 18.0 Å². The van der Waals surface area contributed by atoms with Crippen molar-refractivity contribution in [3.8, 4) is 0 Å². The van der Waals surface area contributed by atoms with Crippen LogP contribution in [-0.2, 0) is 0 Å². The molecule has 82 valence electrons. The van der Waals surface area contributed by atoms with E-state index in [1.165, 1.54) is 6.26 Å². The Morgan fingerprint density at radius 1 is 1.60 bits per heavy atom. The van der Waals surface area contributed by atoms with Crippen molar-refractivity contribution in [2.45, 2.75) is 19.9 Å². The van der Waals surface area contributed by atoms with Gasteiger partial charge in [-0.3, -0.25) is 5.32 Å². The second kappa shape index (κ2) is 5.04. The lowest BCUT2D eigenvalue weighted by Crippen LogP contribution is -2.45. The van der Waals surface area contributed by atoms with Crippen LogP contribution in [0, 0.1) is 0 Å². The van der Waals surface area contributed by atoms with Gasteiger partial charge >= 0.3 is 6.03 Å². The molecule has 2 amide bonds. The van der Waals surface area contributed by atoms with E-state index in [1.54, 1.807) is 12.1 Å². The zero-order valence-electron chi connectivity index (χ0n) is 8.65. The van der Waals surface area contributed by atoms with E-state index in [9.17, 15) is 4.79 Å². The van der Waals surface area contributed by atoms with Crippen molar-refractivity contribution in [3.63, 3.8) is 0 Å². The first-order valence-corrected chi connectivity index (χ1v) is 4.53. The van der Waals surface area contributed by atoms with Gasteiger partial charge in [-0.1, -0.05) is 0 Å². The van der Waals surface area contributed by atoms with Gasteiger partial charge in [0.25, 0.3) is 0 Å². The number of hydrogen-bond acceptors (Lipinski definition) is 3. The number of rotatable bonds is 2. The van der Waals surface area contributed by atoms with E-state index in [0.29, 0.717) is 5.88 Å². The number of hydrogen-bond donors (Lipinski definition) is 3. The fraction of sp³-hybridized carbons (Fsp3) is 0.333. The quantitative estimate of drug-likeness (QED) is 0.501. The molecule has 0 fully saturated rings. The van der Waals surface area contributed by atoms with Crippen molar-refractivity contribution in [1.82, 2.24) is 10.6 Å². The molecular formula is C9H14N4O2. The lowest BCUT2D eigenvalue weighted by atomic mass is 10.4. The molecule has 1 aromatic heterocycles. The van der Waals surface area contributed by atoms with Gasteiger partial charge in [-0.25, -0.2) is 4.79 Å². The lowest BCUT2D eigenvalue weighted by Gasteiger charge is -2.08. The number of urea groups is 1. The monoisotopic (exact) mass is 210 g/mol. The predicted molar refractivity (Wildman–Crippen MR) is 56.8 cm³/mol. The summed E-state index contributed by atoms with van der Waals surface area (Å²) in [5, 5.41) is 4.98. The summed E-state index contributed by atoms with van der Waals surface area (Å²) >= 11 is 0. The Labute approximate surface area is 87.5 Å². The van der Waals surface area contributed by atoms with Gasteiger partial charge in [-0.2, -0.15) is 4.99 Å². The van der Waals surface area contributed by atoms with Crippen LogP contribution in [0.25, 0.3) is 0 Å². The molecule has 6 nitrogen and oxygen atoms in total. The third-order valence-electron chi connectivity index (χ3n) is 1.40. The molecule has 0 bridgehead atoms. The predicted octanol–water partition coefficient (Wildman–Crippen LogP) is 0.933. The van der Waals surface area contributed by atoms with Crippen molar-refractivity contribution in [3.05, 3.63) is 18.4 Å². The first-order chi connectivity index (χ1) is 7.08. The fourth-order valence-corrected chi connectivity index (χ4v) is 0.895. The summed E-state index contributed by atoms with van der Waals surface area (Å²) in [6.07, 6.45) is 1.47. The number of amides is 2. The Morgan fingerprint density at radius 3 is 2.87 bits per heavy atom. The van der Waals surface area contributed by atoms with Gasteiger partial charge in [-0.05, 0) is 19.9 Å². The minimum absolute atomic E-state index is 0.0110. The van der Waals surface area contributed by atoms with Crippen LogP contribution in [0.3, 0.4) is 0 Å². The number of nitrogens with two attached hydrogens (primary N) is 1. The summed E-state index contributed by atoms with van der Waals surface area (Å²) in [6, 6.07) is 2.97. The maximum Gasteiger partial charge on any atom is 0.321 e. The molecule has 0 aliphatic carbocycles. The Balaban J connectivity index is 2.48. The van der Waals surface area contributed by atoms with E-state index in [0.717, 1.165) is 0 Å². The van der Waals surface area contributed by atoms with Crippen LogP contribution in [0.1, 0.15) is 13.8 Å². The molecule has 0 radical (unpaired) electrons. The van der Waals surface area contributed by atoms with E-state index in [2.05, 4.69) is 15.6 Å². The molecule has 1 rings (SSSR count). The SMILES string of the molecule is CC(C)NC(=O)NC(N)=Nc1ccco1. The molecule has 0 aromatic carbocycles. The first-order valence-electron chi connectivity index (χ1n) is 4.53. The molecule has 0 unspecified atom stereocenters. The molecule has 1 heterocycles. The van der Waals surface area contributed by atoms with Gasteiger partial charge in [0.05, 0.1) is 6.26 Å². The summed E-state index contributed by atoms with van der Waals surface area (Å²) in [5.41, 5.74) is 5.46. The fourth-order valence-electron chi connectivity index (χ4n) is 0.895. The number of carbonyl (C=O) groups is 1. The van der Waals surface area contributed by atoms with Crippen LogP contribution in [0.2, 0.25) is 0 Å². The zero-order valence-corrected chi connectivity index (χ0v) is 8.65. The van der Waals surface area contributed by atoms with Crippen molar-refractivity contribution in [2.75, 3.05) is 0 Å². The molecule has 0 aliphatic rings. The van der Waals surface area contributed by atoms with Crippen LogP contribution in [0.4, 0.5) is 10.7 Å². The van der Waals surface area contributed by atoms with Gasteiger partial charge < -0.3 is 15.5 Å². The molecule has 6 heteroatoms. The average Bonchev–Trinajstić information content (AvgIpc) is 2.53. The van der Waals surface area contributed by atoms with E-state index in [4.69, 9.17) is 10.2 Å².